The number of fused-ring (bicyclic) bond motifs is 1. The van der Waals surface area contributed by atoms with E-state index >= 15 is 0 Å². The van der Waals surface area contributed by atoms with Gasteiger partial charge in [-0.15, -0.1) is 0 Å². The second kappa shape index (κ2) is 9.91. The quantitative estimate of drug-likeness (QED) is 0.363. The second-order valence-corrected chi connectivity index (χ2v) is 9.70. The van der Waals surface area contributed by atoms with E-state index in [0.717, 1.165) is 45.3 Å². The highest BCUT2D eigenvalue weighted by atomic mass is 32.1. The van der Waals surface area contributed by atoms with Crippen molar-refractivity contribution < 1.29 is 9.18 Å². The highest BCUT2D eigenvalue weighted by molar-refractivity contribution is 7.22. The minimum absolute atomic E-state index is 0.169. The molecule has 0 atom stereocenters. The molecule has 0 saturated carbocycles. The highest BCUT2D eigenvalue weighted by Gasteiger charge is 2.14. The third-order valence-electron chi connectivity index (χ3n) is 6.24. The number of likely N-dealkylation sites (N-methyl/N-ethyl adjacent to an activating group) is 1. The third kappa shape index (κ3) is 5.11. The lowest BCUT2D eigenvalue weighted by atomic mass is 10.0. The van der Waals surface area contributed by atoms with Crippen molar-refractivity contribution in [2.45, 2.75) is 12.8 Å². The summed E-state index contributed by atoms with van der Waals surface area (Å²) in [6.07, 6.45) is 2.61. The van der Waals surface area contributed by atoms with Gasteiger partial charge < -0.3 is 15.1 Å². The number of halogens is 1. The number of anilines is 2. The number of thiazole rings is 1. The van der Waals surface area contributed by atoms with Gasteiger partial charge in [0.1, 0.15) is 5.82 Å². The zero-order valence-corrected chi connectivity index (χ0v) is 19.9. The minimum atomic E-state index is -0.265. The van der Waals surface area contributed by atoms with Crippen molar-refractivity contribution >= 4 is 38.3 Å². The zero-order chi connectivity index (χ0) is 23.5. The Bertz CT molecular complexity index is 1280. The largest absolute Gasteiger partial charge is 0.350 e. The number of hydrogen-bond donors (Lipinski definition) is 1. The Balaban J connectivity index is 1.24. The molecule has 0 radical (unpaired) electrons. The Morgan fingerprint density at radius 1 is 1.03 bits per heavy atom. The number of nitrogens with zero attached hydrogens (tertiary/aromatic N) is 3. The second-order valence-electron chi connectivity index (χ2n) is 8.69. The molecule has 5 rings (SSSR count). The molecule has 0 unspecified atom stereocenters. The molecule has 1 saturated heterocycles. The molecule has 0 aliphatic carbocycles. The first kappa shape index (κ1) is 22.5. The first-order chi connectivity index (χ1) is 16.5. The summed E-state index contributed by atoms with van der Waals surface area (Å²) in [6.45, 7) is 4.42. The van der Waals surface area contributed by atoms with Gasteiger partial charge in [-0.05, 0) is 79.5 Å². The van der Waals surface area contributed by atoms with Crippen LogP contribution in [0.1, 0.15) is 23.2 Å². The number of carbonyl (C=O) groups is 1. The van der Waals surface area contributed by atoms with Crippen molar-refractivity contribution in [3.05, 3.63) is 78.1 Å². The molecule has 0 spiro atoms. The van der Waals surface area contributed by atoms with E-state index in [9.17, 15) is 9.18 Å². The van der Waals surface area contributed by atoms with Crippen LogP contribution in [0.25, 0.3) is 21.3 Å². The van der Waals surface area contributed by atoms with Crippen molar-refractivity contribution in [3.63, 3.8) is 0 Å². The fourth-order valence-electron chi connectivity index (χ4n) is 4.21. The fraction of sp³-hybridized carbons (Fsp3) is 0.259. The van der Waals surface area contributed by atoms with Gasteiger partial charge in [-0.25, -0.2) is 9.37 Å². The molecule has 1 aliphatic rings. The molecule has 1 aliphatic heterocycles. The van der Waals surface area contributed by atoms with Crippen LogP contribution in [0.5, 0.6) is 0 Å². The molecular formula is C27H27FN4OS. The predicted molar refractivity (Wildman–Crippen MR) is 138 cm³/mol. The van der Waals surface area contributed by atoms with Gasteiger partial charge in [-0.2, -0.15) is 0 Å². The Hall–Kier alpha value is -3.29. The predicted octanol–water partition coefficient (Wildman–Crippen LogP) is 5.89. The summed E-state index contributed by atoms with van der Waals surface area (Å²) in [4.78, 5) is 22.3. The van der Waals surface area contributed by atoms with Crippen LogP contribution in [0, 0.1) is 5.82 Å². The van der Waals surface area contributed by atoms with E-state index in [2.05, 4.69) is 22.2 Å². The third-order valence-corrected chi connectivity index (χ3v) is 7.37. The van der Waals surface area contributed by atoms with Crippen molar-refractivity contribution in [2.75, 3.05) is 43.4 Å². The van der Waals surface area contributed by atoms with Crippen molar-refractivity contribution in [1.82, 2.24) is 9.88 Å². The molecule has 0 bridgehead atoms. The lowest BCUT2D eigenvalue weighted by Gasteiger charge is -2.20. The lowest BCUT2D eigenvalue weighted by molar-refractivity contribution is 0.102. The van der Waals surface area contributed by atoms with E-state index in [1.807, 2.05) is 30.3 Å². The van der Waals surface area contributed by atoms with Crippen molar-refractivity contribution in [1.29, 1.82) is 0 Å². The number of aromatic nitrogens is 1. The van der Waals surface area contributed by atoms with Crippen LogP contribution in [0.2, 0.25) is 0 Å². The summed E-state index contributed by atoms with van der Waals surface area (Å²) in [7, 11) is 2.09. The van der Waals surface area contributed by atoms with Crippen molar-refractivity contribution in [3.8, 4) is 11.1 Å². The van der Waals surface area contributed by atoms with Gasteiger partial charge in [0.15, 0.2) is 5.13 Å². The van der Waals surface area contributed by atoms with Gasteiger partial charge >= 0.3 is 0 Å². The maximum absolute atomic E-state index is 13.1. The summed E-state index contributed by atoms with van der Waals surface area (Å²) in [5.74, 6) is -0.434. The molecule has 174 valence electrons. The number of rotatable bonds is 7. The first-order valence-corrected chi connectivity index (χ1v) is 12.4. The smallest absolute Gasteiger partial charge is 0.255 e. The maximum Gasteiger partial charge on any atom is 0.255 e. The van der Waals surface area contributed by atoms with Gasteiger partial charge in [0, 0.05) is 31.4 Å². The lowest BCUT2D eigenvalue weighted by Crippen LogP contribution is -2.31. The molecule has 7 heteroatoms. The van der Waals surface area contributed by atoms with Crippen LogP contribution in [-0.2, 0) is 0 Å². The van der Waals surface area contributed by atoms with E-state index in [0.29, 0.717) is 5.56 Å². The summed E-state index contributed by atoms with van der Waals surface area (Å²) in [6, 6.07) is 19.5. The standard InChI is InChI=1S/C27H27FN4OS/c1-31(16-17-32-14-2-3-15-32)27-30-24-13-12-23(18-25(24)34-27)29-26(33)21-6-4-19(5-7-21)20-8-10-22(28)11-9-20/h4-13,18H,2-3,14-17H2,1H3,(H,29,33). The van der Waals surface area contributed by atoms with Gasteiger partial charge in [-0.1, -0.05) is 35.6 Å². The van der Waals surface area contributed by atoms with E-state index < -0.39 is 0 Å². The van der Waals surface area contributed by atoms with Gasteiger partial charge in [0.05, 0.1) is 10.2 Å². The minimum Gasteiger partial charge on any atom is -0.350 e. The monoisotopic (exact) mass is 474 g/mol. The van der Waals surface area contributed by atoms with E-state index in [1.54, 1.807) is 35.6 Å². The fourth-order valence-corrected chi connectivity index (χ4v) is 5.20. The van der Waals surface area contributed by atoms with Crippen molar-refractivity contribution in [2.24, 2.45) is 0 Å². The number of carbonyl (C=O) groups excluding carboxylic acids is 1. The molecule has 2 heterocycles. The summed E-state index contributed by atoms with van der Waals surface area (Å²) in [5, 5.41) is 3.98. The van der Waals surface area contributed by atoms with Gasteiger partial charge in [0.2, 0.25) is 0 Å². The van der Waals surface area contributed by atoms with Crippen LogP contribution in [0.4, 0.5) is 15.2 Å². The molecular weight excluding hydrogens is 447 g/mol. The number of benzene rings is 3. The Morgan fingerprint density at radius 3 is 2.41 bits per heavy atom. The molecule has 5 nitrogen and oxygen atoms in total. The number of nitrogens with one attached hydrogen (secondary N) is 1. The van der Waals surface area contributed by atoms with Crippen LogP contribution in [0.15, 0.2) is 66.7 Å². The summed E-state index contributed by atoms with van der Waals surface area (Å²) in [5.41, 5.74) is 4.09. The topological polar surface area (TPSA) is 48.5 Å². The zero-order valence-electron chi connectivity index (χ0n) is 19.1. The average molecular weight is 475 g/mol. The van der Waals surface area contributed by atoms with Gasteiger partial charge in [0.25, 0.3) is 5.91 Å². The molecule has 1 aromatic heterocycles. The maximum atomic E-state index is 13.1. The van der Waals surface area contributed by atoms with Gasteiger partial charge in [-0.3, -0.25) is 4.79 Å². The Kier molecular flexibility index (Phi) is 6.56. The summed E-state index contributed by atoms with van der Waals surface area (Å²) >= 11 is 1.64. The molecule has 1 amide bonds. The van der Waals surface area contributed by atoms with E-state index in [-0.39, 0.29) is 11.7 Å². The molecule has 3 aromatic carbocycles. The van der Waals surface area contributed by atoms with Crippen LogP contribution >= 0.6 is 11.3 Å². The Labute approximate surface area is 202 Å². The Morgan fingerprint density at radius 2 is 1.71 bits per heavy atom. The molecule has 4 aromatic rings. The number of likely N-dealkylation sites (tertiary alicyclic amines) is 1. The number of amides is 1. The molecule has 1 N–H and O–H groups in total. The average Bonchev–Trinajstić information content (AvgIpc) is 3.53. The number of hydrogen-bond acceptors (Lipinski definition) is 5. The van der Waals surface area contributed by atoms with Crippen LogP contribution < -0.4 is 10.2 Å². The molecule has 34 heavy (non-hydrogen) atoms. The normalized spacial score (nSPS) is 13.9. The van der Waals surface area contributed by atoms with E-state index in [1.165, 1.54) is 38.1 Å². The first-order valence-electron chi connectivity index (χ1n) is 11.6. The summed E-state index contributed by atoms with van der Waals surface area (Å²) < 4.78 is 14.2. The highest BCUT2D eigenvalue weighted by Crippen LogP contribution is 2.30. The molecule has 1 fully saturated rings. The van der Waals surface area contributed by atoms with Crippen LogP contribution in [0.3, 0.4) is 0 Å². The SMILES string of the molecule is CN(CCN1CCCC1)c1nc2ccc(NC(=O)c3ccc(-c4ccc(F)cc4)cc3)cc2s1. The van der Waals surface area contributed by atoms with Crippen LogP contribution in [-0.4, -0.2) is 49.0 Å². The van der Waals surface area contributed by atoms with E-state index in [4.69, 9.17) is 4.98 Å².